The van der Waals surface area contributed by atoms with Crippen LogP contribution < -0.4 is 0 Å². The lowest BCUT2D eigenvalue weighted by molar-refractivity contribution is 0.140. The summed E-state index contributed by atoms with van der Waals surface area (Å²) in [6.45, 7) is 5.57. The lowest BCUT2D eigenvalue weighted by Crippen LogP contribution is -2.43. The fourth-order valence-electron chi connectivity index (χ4n) is 1.06. The van der Waals surface area contributed by atoms with Crippen LogP contribution in [0.4, 0.5) is 4.79 Å². The van der Waals surface area contributed by atoms with Gasteiger partial charge in [0.25, 0.3) is 0 Å². The van der Waals surface area contributed by atoms with Gasteiger partial charge in [-0.25, -0.2) is 18.3 Å². The van der Waals surface area contributed by atoms with Crippen LogP contribution >= 0.6 is 0 Å². The van der Waals surface area contributed by atoms with E-state index in [2.05, 4.69) is 0 Å². The average molecular weight is 205 g/mol. The van der Waals surface area contributed by atoms with E-state index in [0.717, 1.165) is 0 Å². The molecule has 0 aliphatic carbocycles. The Morgan fingerprint density at radius 1 is 1.23 bits per heavy atom. The van der Waals surface area contributed by atoms with Crippen molar-refractivity contribution in [2.24, 2.45) is 0 Å². The first-order valence-electron chi connectivity index (χ1n) is 4.00. The molecule has 0 bridgehead atoms. The van der Waals surface area contributed by atoms with Crippen molar-refractivity contribution < 1.29 is 9.00 Å². The maximum atomic E-state index is 11.7. The molecule has 1 atom stereocenters. The Morgan fingerprint density at radius 2 is 1.69 bits per heavy atom. The van der Waals surface area contributed by atoms with Gasteiger partial charge >= 0.3 is 6.03 Å². The number of amides is 2. The maximum absolute atomic E-state index is 11.7. The average Bonchev–Trinajstić information content (AvgIpc) is 2.14. The Kier molecular flexibility index (Phi) is 2.38. The van der Waals surface area contributed by atoms with Crippen molar-refractivity contribution in [3.63, 3.8) is 0 Å². The highest BCUT2D eigenvalue weighted by atomic mass is 32.2. The van der Waals surface area contributed by atoms with Gasteiger partial charge in [-0.1, -0.05) is 0 Å². The maximum Gasteiger partial charge on any atom is 0.348 e. The summed E-state index contributed by atoms with van der Waals surface area (Å²) in [5, 5.41) is 1.35. The molecular weight excluding hydrogens is 190 g/mol. The van der Waals surface area contributed by atoms with Crippen LogP contribution in [0.2, 0.25) is 0 Å². The number of carbonyl (C=O) groups excluding carboxylic acids is 1. The smallest absolute Gasteiger partial charge is 0.246 e. The topological polar surface area (TPSA) is 43.9 Å². The summed E-state index contributed by atoms with van der Waals surface area (Å²) in [6, 6.07) is -0.228. The first-order valence-corrected chi connectivity index (χ1v) is 5.06. The SMILES string of the molecule is CN1C(=O)N(C(C)(C)C)S(=O)N1C. The Labute approximate surface area is 81.0 Å². The lowest BCUT2D eigenvalue weighted by atomic mass is 10.1. The molecule has 1 aliphatic rings. The van der Waals surface area contributed by atoms with Crippen LogP contribution in [0.15, 0.2) is 0 Å². The zero-order valence-corrected chi connectivity index (χ0v) is 9.38. The summed E-state index contributed by atoms with van der Waals surface area (Å²) in [5.74, 6) is 0. The van der Waals surface area contributed by atoms with Crippen molar-refractivity contribution in [3.05, 3.63) is 0 Å². The minimum atomic E-state index is -1.39. The van der Waals surface area contributed by atoms with Crippen molar-refractivity contribution in [2.45, 2.75) is 26.3 Å². The molecule has 0 radical (unpaired) electrons. The highest BCUT2D eigenvalue weighted by Crippen LogP contribution is 2.25. The number of nitrogens with zero attached hydrogens (tertiary/aromatic N) is 3. The molecule has 2 amide bonds. The summed E-state index contributed by atoms with van der Waals surface area (Å²) >= 11 is -1.39. The van der Waals surface area contributed by atoms with Crippen molar-refractivity contribution in [2.75, 3.05) is 14.1 Å². The third kappa shape index (κ3) is 1.55. The highest BCUT2D eigenvalue weighted by molar-refractivity contribution is 7.81. The Bertz CT molecular complexity index is 241. The van der Waals surface area contributed by atoms with E-state index in [9.17, 15) is 9.00 Å². The second-order valence-corrected chi connectivity index (χ2v) is 5.32. The largest absolute Gasteiger partial charge is 0.348 e. The van der Waals surface area contributed by atoms with Gasteiger partial charge in [0.2, 0.25) is 11.2 Å². The van der Waals surface area contributed by atoms with Gasteiger partial charge in [-0.05, 0) is 20.8 Å². The molecular formula is C7H15N3O2S. The molecule has 1 rings (SSSR count). The third-order valence-corrected chi connectivity index (χ3v) is 3.58. The predicted molar refractivity (Wildman–Crippen MR) is 50.7 cm³/mol. The van der Waals surface area contributed by atoms with Gasteiger partial charge in [0.1, 0.15) is 0 Å². The standard InChI is InChI=1S/C7H15N3O2S/c1-7(2,3)10-6(11)8(4)9(5)13(10)12/h1-5H3. The summed E-state index contributed by atoms with van der Waals surface area (Å²) in [7, 11) is 3.23. The van der Waals surface area contributed by atoms with Crippen LogP contribution in [0.3, 0.4) is 0 Å². The van der Waals surface area contributed by atoms with E-state index in [4.69, 9.17) is 0 Å². The molecule has 76 valence electrons. The molecule has 1 saturated heterocycles. The Morgan fingerprint density at radius 3 is 1.85 bits per heavy atom. The van der Waals surface area contributed by atoms with Crippen LogP contribution in [0.25, 0.3) is 0 Å². The van der Waals surface area contributed by atoms with Gasteiger partial charge in [-0.2, -0.15) is 0 Å². The van der Waals surface area contributed by atoms with Crippen molar-refractivity contribution in [3.8, 4) is 0 Å². The van der Waals surface area contributed by atoms with E-state index in [1.807, 2.05) is 20.8 Å². The monoisotopic (exact) mass is 205 g/mol. The fraction of sp³-hybridized carbons (Fsp3) is 0.857. The third-order valence-electron chi connectivity index (χ3n) is 1.86. The fourth-order valence-corrected chi connectivity index (χ4v) is 2.30. The van der Waals surface area contributed by atoms with E-state index in [1.54, 1.807) is 14.1 Å². The minimum absolute atomic E-state index is 0.228. The molecule has 1 unspecified atom stereocenters. The molecule has 0 spiro atoms. The molecule has 0 aromatic rings. The molecule has 0 N–H and O–H groups in total. The molecule has 6 heteroatoms. The van der Waals surface area contributed by atoms with Crippen LogP contribution in [-0.4, -0.2) is 43.6 Å². The Balaban J connectivity index is 3.02. The van der Waals surface area contributed by atoms with Gasteiger partial charge in [0.15, 0.2) is 0 Å². The first-order chi connectivity index (χ1) is 5.76. The van der Waals surface area contributed by atoms with Crippen molar-refractivity contribution >= 4 is 17.2 Å². The molecule has 1 aliphatic heterocycles. The van der Waals surface area contributed by atoms with E-state index >= 15 is 0 Å². The number of carbonyl (C=O) groups is 1. The minimum Gasteiger partial charge on any atom is -0.246 e. The van der Waals surface area contributed by atoms with Gasteiger partial charge in [0.05, 0.1) is 5.54 Å². The van der Waals surface area contributed by atoms with Crippen LogP contribution in [-0.2, 0) is 11.2 Å². The zero-order chi connectivity index (χ0) is 10.4. The summed E-state index contributed by atoms with van der Waals surface area (Å²) in [5.41, 5.74) is -0.416. The predicted octanol–water partition coefficient (Wildman–Crippen LogP) is 0.578. The molecule has 1 heterocycles. The summed E-state index contributed by atoms with van der Waals surface area (Å²) < 4.78 is 14.4. The molecule has 0 aromatic carbocycles. The number of hydrogen-bond acceptors (Lipinski definition) is 2. The number of hydrogen-bond donors (Lipinski definition) is 0. The first kappa shape index (κ1) is 10.5. The van der Waals surface area contributed by atoms with Crippen LogP contribution in [0.5, 0.6) is 0 Å². The van der Waals surface area contributed by atoms with Crippen molar-refractivity contribution in [1.82, 2.24) is 13.7 Å². The molecule has 5 nitrogen and oxygen atoms in total. The van der Waals surface area contributed by atoms with E-state index in [-0.39, 0.29) is 6.03 Å². The van der Waals surface area contributed by atoms with E-state index in [0.29, 0.717) is 0 Å². The molecule has 0 aromatic heterocycles. The van der Waals surface area contributed by atoms with Gasteiger partial charge in [-0.3, -0.25) is 0 Å². The second-order valence-electron chi connectivity index (χ2n) is 3.97. The van der Waals surface area contributed by atoms with Gasteiger partial charge in [0, 0.05) is 14.1 Å². The lowest BCUT2D eigenvalue weighted by Gasteiger charge is -2.27. The van der Waals surface area contributed by atoms with E-state index in [1.165, 1.54) is 13.7 Å². The van der Waals surface area contributed by atoms with Crippen molar-refractivity contribution in [1.29, 1.82) is 0 Å². The molecule has 0 saturated carbocycles. The summed E-state index contributed by atoms with van der Waals surface area (Å²) in [4.78, 5) is 11.6. The number of urea groups is 1. The molecule has 1 fully saturated rings. The number of rotatable bonds is 0. The van der Waals surface area contributed by atoms with Crippen LogP contribution in [0, 0.1) is 0 Å². The molecule has 13 heavy (non-hydrogen) atoms. The zero-order valence-electron chi connectivity index (χ0n) is 8.57. The van der Waals surface area contributed by atoms with Crippen LogP contribution in [0.1, 0.15) is 20.8 Å². The van der Waals surface area contributed by atoms with E-state index < -0.39 is 16.7 Å². The normalized spacial score (nSPS) is 25.9. The summed E-state index contributed by atoms with van der Waals surface area (Å²) in [6.07, 6.45) is 0. The highest BCUT2D eigenvalue weighted by Gasteiger charge is 2.44. The number of hydrazine groups is 1. The second kappa shape index (κ2) is 2.95. The van der Waals surface area contributed by atoms with Gasteiger partial charge in [-0.15, -0.1) is 4.41 Å². The Hall–Kier alpha value is -0.620. The quantitative estimate of drug-likeness (QED) is 0.580. The van der Waals surface area contributed by atoms with Gasteiger partial charge < -0.3 is 0 Å².